The average Bonchev–Trinajstić information content (AvgIpc) is 3.43. The first-order valence-electron chi connectivity index (χ1n) is 11.9. The molecule has 33 heavy (non-hydrogen) atoms. The van der Waals surface area contributed by atoms with E-state index in [2.05, 4.69) is 15.2 Å². The van der Waals surface area contributed by atoms with Crippen LogP contribution in [0, 0.1) is 12.7 Å². The standard InChI is InChI=1S/C25H35FN4O3/c1-15-8-9-20(26)19-13-21(28-22(15)19)23(31)27-16-6-5-7-17(12-16)30-11-10-18(14-30)29(4)24(32)25(2,3)33/h8-9,13,16-18,28,33H,5-7,10-12,14H2,1-4H3,(H,27,31)/t16-,17-,18+/m1/s1. The summed E-state index contributed by atoms with van der Waals surface area (Å²) in [6.45, 7) is 6.62. The van der Waals surface area contributed by atoms with Gasteiger partial charge in [0.25, 0.3) is 11.8 Å². The summed E-state index contributed by atoms with van der Waals surface area (Å²) in [5, 5.41) is 13.6. The number of halogens is 1. The quantitative estimate of drug-likeness (QED) is 0.643. The molecule has 0 spiro atoms. The SMILES string of the molecule is Cc1ccc(F)c2cc(C(=O)N[C@@H]3CCC[C@@H](N4CC[C@H](N(C)C(=O)C(C)(C)O)C4)C3)[nH]c12. The van der Waals surface area contributed by atoms with Gasteiger partial charge in [-0.15, -0.1) is 0 Å². The topological polar surface area (TPSA) is 88.7 Å². The number of hydrogen-bond donors (Lipinski definition) is 3. The van der Waals surface area contributed by atoms with Crippen LogP contribution in [-0.4, -0.2) is 75.6 Å². The highest BCUT2D eigenvalue weighted by molar-refractivity contribution is 5.99. The van der Waals surface area contributed by atoms with E-state index in [9.17, 15) is 19.1 Å². The number of aliphatic hydroxyl groups is 1. The summed E-state index contributed by atoms with van der Waals surface area (Å²) in [7, 11) is 1.77. The van der Waals surface area contributed by atoms with Crippen molar-refractivity contribution in [3.63, 3.8) is 0 Å². The van der Waals surface area contributed by atoms with Crippen LogP contribution < -0.4 is 5.32 Å². The summed E-state index contributed by atoms with van der Waals surface area (Å²) in [6.07, 6.45) is 4.75. The van der Waals surface area contributed by atoms with E-state index < -0.39 is 5.60 Å². The summed E-state index contributed by atoms with van der Waals surface area (Å²) in [5.74, 6) is -0.793. The molecule has 180 valence electrons. The van der Waals surface area contributed by atoms with Gasteiger partial charge in [-0.1, -0.05) is 6.07 Å². The Labute approximate surface area is 194 Å². The molecule has 2 aliphatic rings. The smallest absolute Gasteiger partial charge is 0.267 e. The normalized spacial score (nSPS) is 24.2. The second-order valence-electron chi connectivity index (χ2n) is 10.2. The molecule has 1 aromatic carbocycles. The molecule has 3 atom stereocenters. The van der Waals surface area contributed by atoms with Gasteiger partial charge in [0.1, 0.15) is 17.1 Å². The first-order valence-corrected chi connectivity index (χ1v) is 11.9. The molecular weight excluding hydrogens is 423 g/mol. The highest BCUT2D eigenvalue weighted by Crippen LogP contribution is 2.29. The third-order valence-corrected chi connectivity index (χ3v) is 7.28. The van der Waals surface area contributed by atoms with Crippen molar-refractivity contribution in [1.82, 2.24) is 20.1 Å². The lowest BCUT2D eigenvalue weighted by molar-refractivity contribution is -0.148. The lowest BCUT2D eigenvalue weighted by Gasteiger charge is -2.36. The summed E-state index contributed by atoms with van der Waals surface area (Å²) in [5.41, 5.74) is 0.578. The van der Waals surface area contributed by atoms with E-state index in [1.807, 2.05) is 6.92 Å². The predicted molar refractivity (Wildman–Crippen MR) is 126 cm³/mol. The van der Waals surface area contributed by atoms with Crippen molar-refractivity contribution in [3.8, 4) is 0 Å². The van der Waals surface area contributed by atoms with E-state index in [0.717, 1.165) is 50.8 Å². The molecule has 7 nitrogen and oxygen atoms in total. The molecule has 2 fully saturated rings. The van der Waals surface area contributed by atoms with Gasteiger partial charge >= 0.3 is 0 Å². The van der Waals surface area contributed by atoms with Gasteiger partial charge in [-0.25, -0.2) is 4.39 Å². The number of nitrogens with one attached hydrogen (secondary N) is 2. The molecule has 1 aliphatic heterocycles. The van der Waals surface area contributed by atoms with E-state index in [1.54, 1.807) is 24.1 Å². The number of likely N-dealkylation sites (N-methyl/N-ethyl adjacent to an activating group) is 1. The van der Waals surface area contributed by atoms with E-state index in [-0.39, 0.29) is 29.7 Å². The minimum absolute atomic E-state index is 0.0587. The molecule has 0 unspecified atom stereocenters. The molecular formula is C25H35FN4O3. The fourth-order valence-corrected chi connectivity index (χ4v) is 5.35. The Kier molecular flexibility index (Phi) is 6.51. The van der Waals surface area contributed by atoms with Crippen LogP contribution in [0.3, 0.4) is 0 Å². The number of likely N-dealkylation sites (tertiary alicyclic amines) is 1. The van der Waals surface area contributed by atoms with Crippen LogP contribution in [0.4, 0.5) is 4.39 Å². The Morgan fingerprint density at radius 3 is 2.73 bits per heavy atom. The zero-order chi connectivity index (χ0) is 23.9. The molecule has 0 radical (unpaired) electrons. The number of hydrogen-bond acceptors (Lipinski definition) is 4. The number of carbonyl (C=O) groups is 2. The third-order valence-electron chi connectivity index (χ3n) is 7.28. The number of aryl methyl sites for hydroxylation is 1. The molecule has 3 N–H and O–H groups in total. The molecule has 2 heterocycles. The monoisotopic (exact) mass is 458 g/mol. The minimum Gasteiger partial charge on any atom is -0.381 e. The van der Waals surface area contributed by atoms with Crippen LogP contribution in [-0.2, 0) is 4.79 Å². The lowest BCUT2D eigenvalue weighted by atomic mass is 9.90. The zero-order valence-corrected chi connectivity index (χ0v) is 19.9. The molecule has 1 saturated heterocycles. The van der Waals surface area contributed by atoms with Crippen LogP contribution in [0.1, 0.15) is 62.0 Å². The molecule has 8 heteroatoms. The number of carbonyl (C=O) groups excluding carboxylic acids is 2. The first-order chi connectivity index (χ1) is 15.5. The van der Waals surface area contributed by atoms with Gasteiger partial charge in [-0.05, 0) is 70.6 Å². The largest absolute Gasteiger partial charge is 0.381 e. The maximum absolute atomic E-state index is 14.1. The summed E-state index contributed by atoms with van der Waals surface area (Å²) in [6, 6.07) is 5.22. The molecule has 0 bridgehead atoms. The van der Waals surface area contributed by atoms with Crippen LogP contribution in [0.5, 0.6) is 0 Å². The summed E-state index contributed by atoms with van der Waals surface area (Å²) >= 11 is 0. The summed E-state index contributed by atoms with van der Waals surface area (Å²) in [4.78, 5) is 32.5. The van der Waals surface area contributed by atoms with E-state index in [0.29, 0.717) is 22.6 Å². The Hall–Kier alpha value is -2.45. The number of H-pyrrole nitrogens is 1. The Balaban J connectivity index is 1.36. The van der Waals surface area contributed by atoms with Gasteiger partial charge in [-0.2, -0.15) is 0 Å². The fraction of sp³-hybridized carbons (Fsp3) is 0.600. The van der Waals surface area contributed by atoms with Gasteiger partial charge in [0.15, 0.2) is 0 Å². The van der Waals surface area contributed by atoms with Crippen molar-refractivity contribution < 1.29 is 19.1 Å². The van der Waals surface area contributed by atoms with Crippen molar-refractivity contribution >= 4 is 22.7 Å². The van der Waals surface area contributed by atoms with Crippen LogP contribution in [0.15, 0.2) is 18.2 Å². The maximum Gasteiger partial charge on any atom is 0.267 e. The number of benzene rings is 1. The highest BCUT2D eigenvalue weighted by Gasteiger charge is 2.37. The minimum atomic E-state index is -1.37. The van der Waals surface area contributed by atoms with E-state index in [4.69, 9.17) is 0 Å². The Morgan fingerprint density at radius 2 is 2.03 bits per heavy atom. The molecule has 1 aliphatic carbocycles. The van der Waals surface area contributed by atoms with E-state index >= 15 is 0 Å². The molecule has 1 saturated carbocycles. The van der Waals surface area contributed by atoms with Crippen LogP contribution in [0.2, 0.25) is 0 Å². The van der Waals surface area contributed by atoms with Crippen LogP contribution >= 0.6 is 0 Å². The number of rotatable bonds is 5. The lowest BCUT2D eigenvalue weighted by Crippen LogP contribution is -2.50. The Bertz CT molecular complexity index is 1010. The second kappa shape index (κ2) is 9.06. The highest BCUT2D eigenvalue weighted by atomic mass is 19.1. The Morgan fingerprint density at radius 1 is 1.27 bits per heavy atom. The van der Waals surface area contributed by atoms with Crippen molar-refractivity contribution in [3.05, 3.63) is 35.3 Å². The van der Waals surface area contributed by atoms with E-state index in [1.165, 1.54) is 19.9 Å². The van der Waals surface area contributed by atoms with Gasteiger partial charge < -0.3 is 20.3 Å². The predicted octanol–water partition coefficient (Wildman–Crippen LogP) is 2.96. The summed E-state index contributed by atoms with van der Waals surface area (Å²) < 4.78 is 14.1. The van der Waals surface area contributed by atoms with Gasteiger partial charge in [0.05, 0.1) is 5.52 Å². The van der Waals surface area contributed by atoms with Crippen molar-refractivity contribution in [2.75, 3.05) is 20.1 Å². The van der Waals surface area contributed by atoms with Gasteiger partial charge in [0.2, 0.25) is 0 Å². The van der Waals surface area contributed by atoms with Gasteiger partial charge in [0, 0.05) is 43.6 Å². The number of aromatic nitrogens is 1. The number of nitrogens with zero attached hydrogens (tertiary/aromatic N) is 2. The van der Waals surface area contributed by atoms with Crippen molar-refractivity contribution in [1.29, 1.82) is 0 Å². The third kappa shape index (κ3) is 4.92. The number of amides is 2. The molecule has 1 aromatic heterocycles. The number of aromatic amines is 1. The zero-order valence-electron chi connectivity index (χ0n) is 19.9. The van der Waals surface area contributed by atoms with Crippen molar-refractivity contribution in [2.24, 2.45) is 0 Å². The first kappa shape index (κ1) is 23.7. The molecule has 4 rings (SSSR count). The number of fused-ring (bicyclic) bond motifs is 1. The van der Waals surface area contributed by atoms with Crippen LogP contribution in [0.25, 0.3) is 10.9 Å². The molecule has 2 aromatic rings. The van der Waals surface area contributed by atoms with Crippen molar-refractivity contribution in [2.45, 2.75) is 76.6 Å². The van der Waals surface area contributed by atoms with Gasteiger partial charge in [-0.3, -0.25) is 14.5 Å². The maximum atomic E-state index is 14.1. The fourth-order valence-electron chi connectivity index (χ4n) is 5.35. The molecule has 2 amide bonds. The second-order valence-corrected chi connectivity index (χ2v) is 10.2. The average molecular weight is 459 g/mol.